The van der Waals surface area contributed by atoms with Gasteiger partial charge in [-0.3, -0.25) is 9.69 Å². The molecule has 6 nitrogen and oxygen atoms in total. The number of aromatic nitrogens is 2. The minimum absolute atomic E-state index is 0.00354. The van der Waals surface area contributed by atoms with Gasteiger partial charge in [0.25, 0.3) is 5.91 Å². The number of nitrogens with zero attached hydrogens (tertiary/aromatic N) is 4. The number of aryl methyl sites for hydroxylation is 1. The minimum Gasteiger partial charge on any atom is -0.463 e. The van der Waals surface area contributed by atoms with Gasteiger partial charge in [-0.2, -0.15) is 5.10 Å². The third kappa shape index (κ3) is 4.22. The zero-order valence-electron chi connectivity index (χ0n) is 18.1. The first-order valence-corrected chi connectivity index (χ1v) is 10.9. The molecule has 4 aromatic rings. The molecule has 1 saturated heterocycles. The number of carbonyl (C=O) groups excluding carboxylic acids is 1. The summed E-state index contributed by atoms with van der Waals surface area (Å²) in [6.07, 6.45) is 1.62. The first-order valence-electron chi connectivity index (χ1n) is 10.9. The molecule has 0 unspecified atom stereocenters. The molecule has 0 bridgehead atoms. The van der Waals surface area contributed by atoms with Crippen molar-refractivity contribution in [3.63, 3.8) is 0 Å². The summed E-state index contributed by atoms with van der Waals surface area (Å²) in [5.41, 5.74) is 4.49. The summed E-state index contributed by atoms with van der Waals surface area (Å²) in [4.78, 5) is 17.9. The van der Waals surface area contributed by atoms with Crippen molar-refractivity contribution >= 4 is 5.91 Å². The molecular formula is C26H26N4O2. The SMILES string of the molecule is Cc1cccc(-n2nc(-c3ccco3)cc2C(=O)N2CCN(Cc3ccccc3)CC2)c1. The highest BCUT2D eigenvalue weighted by Gasteiger charge is 2.26. The van der Waals surface area contributed by atoms with Crippen LogP contribution in [0.4, 0.5) is 0 Å². The smallest absolute Gasteiger partial charge is 0.272 e. The van der Waals surface area contributed by atoms with Crippen molar-refractivity contribution in [2.75, 3.05) is 26.2 Å². The topological polar surface area (TPSA) is 54.5 Å². The molecule has 1 aliphatic heterocycles. The van der Waals surface area contributed by atoms with Crippen molar-refractivity contribution in [3.05, 3.63) is 95.9 Å². The summed E-state index contributed by atoms with van der Waals surface area (Å²) in [7, 11) is 0. The van der Waals surface area contributed by atoms with E-state index >= 15 is 0 Å². The Labute approximate surface area is 187 Å². The zero-order valence-corrected chi connectivity index (χ0v) is 18.1. The van der Waals surface area contributed by atoms with E-state index in [2.05, 4.69) is 29.2 Å². The van der Waals surface area contributed by atoms with E-state index in [-0.39, 0.29) is 5.91 Å². The van der Waals surface area contributed by atoms with Crippen molar-refractivity contribution in [1.82, 2.24) is 19.6 Å². The van der Waals surface area contributed by atoms with Crippen molar-refractivity contribution in [1.29, 1.82) is 0 Å². The Kier molecular flexibility index (Phi) is 5.60. The third-order valence-corrected chi connectivity index (χ3v) is 5.86. The predicted molar refractivity (Wildman–Crippen MR) is 124 cm³/mol. The van der Waals surface area contributed by atoms with Gasteiger partial charge in [0.05, 0.1) is 12.0 Å². The Morgan fingerprint density at radius 3 is 2.47 bits per heavy atom. The standard InChI is InChI=1S/C26H26N4O2/c1-20-7-5-10-22(17-20)30-24(18-23(27-30)25-11-6-16-32-25)26(31)29-14-12-28(13-15-29)19-21-8-3-2-4-9-21/h2-11,16-18H,12-15,19H2,1H3. The lowest BCUT2D eigenvalue weighted by Crippen LogP contribution is -2.48. The Morgan fingerprint density at radius 2 is 1.75 bits per heavy atom. The van der Waals surface area contributed by atoms with Crippen LogP contribution >= 0.6 is 0 Å². The molecule has 162 valence electrons. The molecule has 0 radical (unpaired) electrons. The summed E-state index contributed by atoms with van der Waals surface area (Å²) in [6, 6.07) is 24.0. The van der Waals surface area contributed by atoms with Crippen LogP contribution in [0, 0.1) is 6.92 Å². The maximum atomic E-state index is 13.5. The molecule has 6 heteroatoms. The van der Waals surface area contributed by atoms with E-state index in [1.807, 2.05) is 60.4 Å². The van der Waals surface area contributed by atoms with Gasteiger partial charge in [0.2, 0.25) is 0 Å². The lowest BCUT2D eigenvalue weighted by Gasteiger charge is -2.34. The molecule has 0 atom stereocenters. The molecule has 1 fully saturated rings. The van der Waals surface area contributed by atoms with Crippen LogP contribution in [0.2, 0.25) is 0 Å². The van der Waals surface area contributed by atoms with E-state index < -0.39 is 0 Å². The number of benzene rings is 2. The molecule has 5 rings (SSSR count). The van der Waals surface area contributed by atoms with Crippen LogP contribution in [0.25, 0.3) is 17.1 Å². The molecule has 2 aromatic carbocycles. The molecular weight excluding hydrogens is 400 g/mol. The van der Waals surface area contributed by atoms with Crippen LogP contribution in [0.3, 0.4) is 0 Å². The van der Waals surface area contributed by atoms with E-state index in [1.165, 1.54) is 5.56 Å². The Hall–Kier alpha value is -3.64. The second kappa shape index (κ2) is 8.85. The summed E-state index contributed by atoms with van der Waals surface area (Å²) in [5.74, 6) is 0.648. The van der Waals surface area contributed by atoms with Gasteiger partial charge in [0, 0.05) is 38.8 Å². The molecule has 32 heavy (non-hydrogen) atoms. The Morgan fingerprint density at radius 1 is 0.938 bits per heavy atom. The van der Waals surface area contributed by atoms with Gasteiger partial charge in [-0.1, -0.05) is 42.5 Å². The van der Waals surface area contributed by atoms with Crippen LogP contribution < -0.4 is 0 Å². The molecule has 0 spiro atoms. The van der Waals surface area contributed by atoms with Crippen molar-refractivity contribution in [2.45, 2.75) is 13.5 Å². The van der Waals surface area contributed by atoms with E-state index in [4.69, 9.17) is 9.52 Å². The fourth-order valence-electron chi connectivity index (χ4n) is 4.15. The molecule has 0 saturated carbocycles. The monoisotopic (exact) mass is 426 g/mol. The average Bonchev–Trinajstić information content (AvgIpc) is 3.50. The first kappa shape index (κ1) is 20.3. The van der Waals surface area contributed by atoms with Crippen LogP contribution in [0.15, 0.2) is 83.5 Å². The van der Waals surface area contributed by atoms with Crippen LogP contribution in [0.5, 0.6) is 0 Å². The molecule has 2 aromatic heterocycles. The highest BCUT2D eigenvalue weighted by Crippen LogP contribution is 2.24. The van der Waals surface area contributed by atoms with Crippen molar-refractivity contribution < 1.29 is 9.21 Å². The summed E-state index contributed by atoms with van der Waals surface area (Å²) in [6.45, 7) is 6.04. The maximum absolute atomic E-state index is 13.5. The van der Waals surface area contributed by atoms with Crippen LogP contribution in [-0.2, 0) is 6.54 Å². The highest BCUT2D eigenvalue weighted by atomic mass is 16.3. The van der Waals surface area contributed by atoms with Gasteiger partial charge in [0.15, 0.2) is 5.76 Å². The lowest BCUT2D eigenvalue weighted by molar-refractivity contribution is 0.0619. The second-order valence-electron chi connectivity index (χ2n) is 8.20. The van der Waals surface area contributed by atoms with Gasteiger partial charge in [-0.05, 0) is 42.3 Å². The molecule has 3 heterocycles. The summed E-state index contributed by atoms with van der Waals surface area (Å²) in [5, 5.41) is 4.72. The summed E-state index contributed by atoms with van der Waals surface area (Å²) < 4.78 is 7.28. The average molecular weight is 427 g/mol. The van der Waals surface area contributed by atoms with Gasteiger partial charge < -0.3 is 9.32 Å². The lowest BCUT2D eigenvalue weighted by atomic mass is 10.2. The fourth-order valence-corrected chi connectivity index (χ4v) is 4.15. The van der Waals surface area contributed by atoms with Gasteiger partial charge in [-0.15, -0.1) is 0 Å². The van der Waals surface area contributed by atoms with E-state index in [1.54, 1.807) is 10.9 Å². The first-order chi connectivity index (χ1) is 15.7. The van der Waals surface area contributed by atoms with Gasteiger partial charge in [-0.25, -0.2) is 4.68 Å². The van der Waals surface area contributed by atoms with Crippen LogP contribution in [0.1, 0.15) is 21.6 Å². The molecule has 1 aliphatic rings. The molecule has 0 N–H and O–H groups in total. The molecule has 0 aliphatic carbocycles. The number of carbonyl (C=O) groups is 1. The van der Waals surface area contributed by atoms with E-state index in [9.17, 15) is 4.79 Å². The van der Waals surface area contributed by atoms with Crippen LogP contribution in [-0.4, -0.2) is 51.7 Å². The number of piperazine rings is 1. The predicted octanol–water partition coefficient (Wildman–Crippen LogP) is 4.40. The number of hydrogen-bond donors (Lipinski definition) is 0. The number of furan rings is 1. The van der Waals surface area contributed by atoms with E-state index in [0.717, 1.165) is 30.9 Å². The number of hydrogen-bond acceptors (Lipinski definition) is 4. The minimum atomic E-state index is -0.00354. The summed E-state index contributed by atoms with van der Waals surface area (Å²) >= 11 is 0. The van der Waals surface area contributed by atoms with Crippen molar-refractivity contribution in [2.24, 2.45) is 0 Å². The third-order valence-electron chi connectivity index (χ3n) is 5.86. The number of rotatable bonds is 5. The zero-order chi connectivity index (χ0) is 21.9. The Balaban J connectivity index is 1.37. The Bertz CT molecular complexity index is 1190. The number of amides is 1. The van der Waals surface area contributed by atoms with Gasteiger partial charge >= 0.3 is 0 Å². The molecule has 1 amide bonds. The largest absolute Gasteiger partial charge is 0.463 e. The highest BCUT2D eigenvalue weighted by molar-refractivity contribution is 5.94. The van der Waals surface area contributed by atoms with Crippen molar-refractivity contribution in [3.8, 4) is 17.1 Å². The second-order valence-corrected chi connectivity index (χ2v) is 8.20. The normalized spacial score (nSPS) is 14.6. The fraction of sp³-hybridized carbons (Fsp3) is 0.231. The maximum Gasteiger partial charge on any atom is 0.272 e. The quantitative estimate of drug-likeness (QED) is 0.475. The van der Waals surface area contributed by atoms with Gasteiger partial charge in [0.1, 0.15) is 11.4 Å². The van der Waals surface area contributed by atoms with E-state index in [0.29, 0.717) is 30.2 Å².